The van der Waals surface area contributed by atoms with E-state index in [-0.39, 0.29) is 5.82 Å². The number of hydrogen-bond acceptors (Lipinski definition) is 10. The lowest BCUT2D eigenvalue weighted by atomic mass is 10.1. The van der Waals surface area contributed by atoms with E-state index in [2.05, 4.69) is 25.5 Å². The van der Waals surface area contributed by atoms with Crippen molar-refractivity contribution in [2.24, 2.45) is 0 Å². The molecule has 10 nitrogen and oxygen atoms in total. The van der Waals surface area contributed by atoms with Gasteiger partial charge in [-0.1, -0.05) is 11.2 Å². The van der Waals surface area contributed by atoms with E-state index in [9.17, 15) is 4.21 Å². The highest BCUT2D eigenvalue weighted by molar-refractivity contribution is 7.86. The van der Waals surface area contributed by atoms with Crippen molar-refractivity contribution in [3.63, 3.8) is 0 Å². The normalized spacial score (nSPS) is 14.7. The molecule has 2 aromatic carbocycles. The lowest BCUT2D eigenvalue weighted by molar-refractivity contribution is 0.375. The maximum absolute atomic E-state index is 13.3. The zero-order valence-corrected chi connectivity index (χ0v) is 21.1. The predicted octanol–water partition coefficient (Wildman–Crippen LogP) is 3.52. The minimum absolute atomic E-state index is 0.287. The fourth-order valence-electron chi connectivity index (χ4n) is 3.97. The molecule has 12 heteroatoms. The summed E-state index contributed by atoms with van der Waals surface area (Å²) in [6.45, 7) is 3.75. The van der Waals surface area contributed by atoms with E-state index in [1.807, 2.05) is 12.1 Å². The third-order valence-corrected chi connectivity index (χ3v) is 7.73. The van der Waals surface area contributed by atoms with E-state index in [1.54, 1.807) is 36.6 Å². The summed E-state index contributed by atoms with van der Waals surface area (Å²) >= 11 is 1.56. The van der Waals surface area contributed by atoms with Gasteiger partial charge in [-0.05, 0) is 24.3 Å². The molecular weight excluding hydrogens is 490 g/mol. The van der Waals surface area contributed by atoms with Crippen LogP contribution in [-0.4, -0.2) is 61.9 Å². The predicted molar refractivity (Wildman–Crippen MR) is 136 cm³/mol. The Balaban J connectivity index is 1.47. The van der Waals surface area contributed by atoms with Gasteiger partial charge >= 0.3 is 0 Å². The highest BCUT2D eigenvalue weighted by Gasteiger charge is 2.23. The number of nitrogens with one attached hydrogen (secondary N) is 2. The van der Waals surface area contributed by atoms with Crippen molar-refractivity contribution in [1.29, 1.82) is 0 Å². The van der Waals surface area contributed by atoms with Crippen LogP contribution in [0.2, 0.25) is 0 Å². The first-order valence-corrected chi connectivity index (χ1v) is 12.9. The van der Waals surface area contributed by atoms with Gasteiger partial charge in [0.15, 0.2) is 22.4 Å². The van der Waals surface area contributed by atoms with Crippen LogP contribution in [0.1, 0.15) is 0 Å². The molecule has 4 aromatic rings. The van der Waals surface area contributed by atoms with Crippen LogP contribution in [0.5, 0.6) is 17.2 Å². The molecule has 0 aliphatic carbocycles. The van der Waals surface area contributed by atoms with E-state index in [0.717, 1.165) is 42.6 Å². The SMILES string of the molecule is COc1cccc(OC)c1S(=O)Nc1noc2cc(-c3nc(N4CCNCC4)cs3)cc(OC)c12. The number of fused-ring (bicyclic) bond motifs is 1. The van der Waals surface area contributed by atoms with Crippen molar-refractivity contribution < 1.29 is 22.9 Å². The summed E-state index contributed by atoms with van der Waals surface area (Å²) in [4.78, 5) is 7.46. The summed E-state index contributed by atoms with van der Waals surface area (Å²) in [5.41, 5.74) is 1.35. The first kappa shape index (κ1) is 23.4. The maximum Gasteiger partial charge on any atom is 0.193 e. The lowest BCUT2D eigenvalue weighted by Crippen LogP contribution is -2.43. The molecule has 1 aliphatic heterocycles. The Morgan fingerprint density at radius 1 is 1.09 bits per heavy atom. The first-order chi connectivity index (χ1) is 17.1. The Labute approximate surface area is 208 Å². The number of rotatable bonds is 8. The Morgan fingerprint density at radius 2 is 1.80 bits per heavy atom. The number of hydrogen-bond donors (Lipinski definition) is 2. The molecule has 184 valence electrons. The second-order valence-electron chi connectivity index (χ2n) is 7.69. The molecule has 0 spiro atoms. The lowest BCUT2D eigenvalue weighted by Gasteiger charge is -2.27. The number of piperazine rings is 1. The number of thiazole rings is 1. The second-order valence-corrected chi connectivity index (χ2v) is 9.70. The van der Waals surface area contributed by atoms with Crippen molar-refractivity contribution in [2.45, 2.75) is 4.90 Å². The molecule has 2 aromatic heterocycles. The minimum atomic E-state index is -1.74. The quantitative estimate of drug-likeness (QED) is 0.364. The smallest absolute Gasteiger partial charge is 0.193 e. The van der Waals surface area contributed by atoms with Crippen molar-refractivity contribution in [3.05, 3.63) is 35.7 Å². The number of nitrogens with zero attached hydrogens (tertiary/aromatic N) is 3. The molecule has 1 fully saturated rings. The molecule has 0 bridgehead atoms. The van der Waals surface area contributed by atoms with Gasteiger partial charge in [0.25, 0.3) is 0 Å². The Morgan fingerprint density at radius 3 is 2.49 bits per heavy atom. The summed E-state index contributed by atoms with van der Waals surface area (Å²) < 4.78 is 38.2. The highest BCUT2D eigenvalue weighted by atomic mass is 32.2. The van der Waals surface area contributed by atoms with Gasteiger partial charge in [-0.2, -0.15) is 0 Å². The molecule has 2 N–H and O–H groups in total. The fourth-order valence-corrected chi connectivity index (χ4v) is 5.87. The topological polar surface area (TPSA) is 111 Å². The molecule has 0 radical (unpaired) electrons. The minimum Gasteiger partial charge on any atom is -0.496 e. The summed E-state index contributed by atoms with van der Waals surface area (Å²) in [7, 11) is 2.85. The van der Waals surface area contributed by atoms with Crippen LogP contribution in [0, 0.1) is 0 Å². The molecular formula is C23H25N5O5S2. The number of benzene rings is 2. The number of anilines is 2. The summed E-state index contributed by atoms with van der Waals surface area (Å²) in [5.74, 6) is 2.65. The Kier molecular flexibility index (Phi) is 6.75. The third kappa shape index (κ3) is 4.51. The van der Waals surface area contributed by atoms with Gasteiger partial charge in [0, 0.05) is 37.1 Å². The van der Waals surface area contributed by atoms with Crippen LogP contribution in [0.4, 0.5) is 11.6 Å². The van der Waals surface area contributed by atoms with Crippen molar-refractivity contribution in [3.8, 4) is 27.8 Å². The molecule has 1 unspecified atom stereocenters. The van der Waals surface area contributed by atoms with Gasteiger partial charge in [0.2, 0.25) is 0 Å². The van der Waals surface area contributed by atoms with Crippen LogP contribution < -0.4 is 29.1 Å². The maximum atomic E-state index is 13.3. The van der Waals surface area contributed by atoms with Gasteiger partial charge in [-0.15, -0.1) is 11.3 Å². The van der Waals surface area contributed by atoms with Crippen LogP contribution >= 0.6 is 11.3 Å². The fraction of sp³-hybridized carbons (Fsp3) is 0.304. The summed E-state index contributed by atoms with van der Waals surface area (Å²) in [5, 5.41) is 11.0. The standard InChI is InChI=1S/C23H25N5O5S2/c1-30-15-5-4-6-16(31-2)21(15)35(29)27-22-20-17(32-3)11-14(12-18(20)33-26-22)23-25-19(13-34-23)28-9-7-24-8-10-28/h4-6,11-13,24H,7-10H2,1-3H3,(H,26,27). The Hall–Kier alpha value is -3.35. The summed E-state index contributed by atoms with van der Waals surface area (Å²) in [6, 6.07) is 8.95. The van der Waals surface area contributed by atoms with Gasteiger partial charge in [0.1, 0.15) is 38.4 Å². The van der Waals surface area contributed by atoms with E-state index in [1.165, 1.54) is 14.2 Å². The van der Waals surface area contributed by atoms with Gasteiger partial charge in [0.05, 0.1) is 21.3 Å². The van der Waals surface area contributed by atoms with E-state index in [4.69, 9.17) is 23.7 Å². The summed E-state index contributed by atoms with van der Waals surface area (Å²) in [6.07, 6.45) is 0. The monoisotopic (exact) mass is 515 g/mol. The van der Waals surface area contributed by atoms with E-state index >= 15 is 0 Å². The molecule has 0 amide bonds. The Bertz CT molecular complexity index is 1340. The molecule has 5 rings (SSSR count). The average molecular weight is 516 g/mol. The largest absolute Gasteiger partial charge is 0.496 e. The molecule has 1 atom stereocenters. The highest BCUT2D eigenvalue weighted by Crippen LogP contribution is 2.40. The zero-order chi connectivity index (χ0) is 24.4. The number of ether oxygens (including phenoxy) is 3. The molecule has 1 saturated heterocycles. The van der Waals surface area contributed by atoms with E-state index in [0.29, 0.717) is 33.1 Å². The van der Waals surface area contributed by atoms with Crippen LogP contribution in [-0.2, 0) is 11.0 Å². The zero-order valence-electron chi connectivity index (χ0n) is 19.5. The van der Waals surface area contributed by atoms with Gasteiger partial charge < -0.3 is 29.0 Å². The van der Waals surface area contributed by atoms with Gasteiger partial charge in [-0.25, -0.2) is 9.19 Å². The van der Waals surface area contributed by atoms with Crippen LogP contribution in [0.15, 0.2) is 45.1 Å². The molecule has 0 saturated carbocycles. The van der Waals surface area contributed by atoms with Crippen molar-refractivity contribution >= 4 is 44.9 Å². The van der Waals surface area contributed by atoms with Crippen LogP contribution in [0.25, 0.3) is 21.5 Å². The van der Waals surface area contributed by atoms with E-state index < -0.39 is 11.0 Å². The van der Waals surface area contributed by atoms with Crippen molar-refractivity contribution in [1.82, 2.24) is 15.5 Å². The third-order valence-electron chi connectivity index (χ3n) is 5.70. The molecule has 1 aliphatic rings. The number of methoxy groups -OCH3 is 3. The average Bonchev–Trinajstić information content (AvgIpc) is 3.56. The van der Waals surface area contributed by atoms with Crippen molar-refractivity contribution in [2.75, 3.05) is 57.1 Å². The second kappa shape index (κ2) is 10.1. The van der Waals surface area contributed by atoms with Crippen LogP contribution in [0.3, 0.4) is 0 Å². The first-order valence-electron chi connectivity index (χ1n) is 10.9. The molecule has 3 heterocycles. The number of aromatic nitrogens is 2. The van der Waals surface area contributed by atoms with Gasteiger partial charge in [-0.3, -0.25) is 4.72 Å². The molecule has 35 heavy (non-hydrogen) atoms.